The highest BCUT2D eigenvalue weighted by atomic mass is 16.2. The van der Waals surface area contributed by atoms with Crippen LogP contribution in [0.25, 0.3) is 0 Å². The summed E-state index contributed by atoms with van der Waals surface area (Å²) in [5.41, 5.74) is 2.11. The molecule has 0 saturated carbocycles. The Kier molecular flexibility index (Phi) is 5.74. The zero-order valence-corrected chi connectivity index (χ0v) is 14.9. The molecule has 1 heterocycles. The molecule has 1 aromatic rings. The van der Waals surface area contributed by atoms with Crippen molar-refractivity contribution in [3.63, 3.8) is 0 Å². The third-order valence-electron chi connectivity index (χ3n) is 5.06. The molecule has 1 aliphatic heterocycles. The predicted molar refractivity (Wildman–Crippen MR) is 99.8 cm³/mol. The molecule has 0 bridgehead atoms. The molecule has 25 heavy (non-hydrogen) atoms. The summed E-state index contributed by atoms with van der Waals surface area (Å²) in [5.74, 6) is 0.507. The van der Waals surface area contributed by atoms with Crippen LogP contribution in [0, 0.1) is 12.8 Å². The first kappa shape index (κ1) is 17.5. The van der Waals surface area contributed by atoms with E-state index in [1.54, 1.807) is 6.07 Å². The Labute approximate surface area is 149 Å². The van der Waals surface area contributed by atoms with Gasteiger partial charge in [-0.25, -0.2) is 4.79 Å². The van der Waals surface area contributed by atoms with Crippen LogP contribution in [0.3, 0.4) is 0 Å². The van der Waals surface area contributed by atoms with Gasteiger partial charge in [0.15, 0.2) is 0 Å². The smallest absolute Gasteiger partial charge is 0.319 e. The van der Waals surface area contributed by atoms with Crippen LogP contribution in [0.4, 0.5) is 10.5 Å². The van der Waals surface area contributed by atoms with E-state index < -0.39 is 0 Å². The summed E-state index contributed by atoms with van der Waals surface area (Å²) in [4.78, 5) is 27.0. The summed E-state index contributed by atoms with van der Waals surface area (Å²) < 4.78 is 0. The lowest BCUT2D eigenvalue weighted by Crippen LogP contribution is -2.35. The molecule has 0 radical (unpaired) electrons. The minimum atomic E-state index is -0.237. The van der Waals surface area contributed by atoms with Gasteiger partial charge in [-0.2, -0.15) is 0 Å². The van der Waals surface area contributed by atoms with E-state index in [9.17, 15) is 9.59 Å². The van der Waals surface area contributed by atoms with E-state index in [1.165, 1.54) is 0 Å². The number of nitrogens with one attached hydrogen (secondary N) is 2. The molecule has 1 saturated heterocycles. The molecule has 2 aliphatic rings. The maximum Gasteiger partial charge on any atom is 0.319 e. The fourth-order valence-electron chi connectivity index (χ4n) is 3.54. The number of carbonyl (C=O) groups is 2. The van der Waals surface area contributed by atoms with Gasteiger partial charge in [-0.1, -0.05) is 24.3 Å². The van der Waals surface area contributed by atoms with Gasteiger partial charge in [0.25, 0.3) is 5.91 Å². The molecule has 3 rings (SSSR count). The molecule has 1 atom stereocenters. The van der Waals surface area contributed by atoms with Crippen LogP contribution < -0.4 is 10.6 Å². The average Bonchev–Trinajstić information content (AvgIpc) is 3.17. The number of urea groups is 1. The minimum absolute atomic E-state index is 0.00826. The first-order valence-corrected chi connectivity index (χ1v) is 9.24. The van der Waals surface area contributed by atoms with Crippen LogP contribution in [-0.4, -0.2) is 36.5 Å². The average molecular weight is 341 g/mol. The summed E-state index contributed by atoms with van der Waals surface area (Å²) in [6.07, 6.45) is 9.69. The Bertz CT molecular complexity index is 663. The number of allylic oxidation sites excluding steroid dienone is 2. The minimum Gasteiger partial charge on any atom is -0.339 e. The largest absolute Gasteiger partial charge is 0.339 e. The number of benzene rings is 1. The zero-order valence-electron chi connectivity index (χ0n) is 14.9. The Balaban J connectivity index is 1.65. The van der Waals surface area contributed by atoms with E-state index in [4.69, 9.17) is 0 Å². The number of likely N-dealkylation sites (tertiary alicyclic amines) is 1. The van der Waals surface area contributed by atoms with Crippen LogP contribution in [0.1, 0.15) is 48.0 Å². The second-order valence-corrected chi connectivity index (χ2v) is 6.98. The van der Waals surface area contributed by atoms with Crippen LogP contribution in [0.5, 0.6) is 0 Å². The van der Waals surface area contributed by atoms with Gasteiger partial charge in [0.2, 0.25) is 0 Å². The highest BCUT2D eigenvalue weighted by Gasteiger charge is 2.23. The first-order valence-electron chi connectivity index (χ1n) is 9.24. The van der Waals surface area contributed by atoms with Gasteiger partial charge in [0, 0.05) is 19.6 Å². The van der Waals surface area contributed by atoms with E-state index in [0.29, 0.717) is 23.7 Å². The monoisotopic (exact) mass is 341 g/mol. The molecule has 3 amide bonds. The number of rotatable bonds is 4. The van der Waals surface area contributed by atoms with E-state index >= 15 is 0 Å². The lowest BCUT2D eigenvalue weighted by Gasteiger charge is -2.21. The second-order valence-electron chi connectivity index (χ2n) is 6.98. The highest BCUT2D eigenvalue weighted by Crippen LogP contribution is 2.24. The molecule has 1 aromatic carbocycles. The van der Waals surface area contributed by atoms with E-state index in [1.807, 2.05) is 24.0 Å². The number of anilines is 1. The van der Waals surface area contributed by atoms with Crippen LogP contribution in [0.15, 0.2) is 30.4 Å². The molecular weight excluding hydrogens is 314 g/mol. The third-order valence-corrected chi connectivity index (χ3v) is 5.06. The Morgan fingerprint density at radius 1 is 1.20 bits per heavy atom. The van der Waals surface area contributed by atoms with Gasteiger partial charge in [0.05, 0.1) is 11.3 Å². The number of aryl methyl sites for hydroxylation is 1. The highest BCUT2D eigenvalue weighted by molar-refractivity contribution is 6.04. The SMILES string of the molecule is Cc1cccc(C(=O)N2CCCC2)c1NC(=O)NCC1CC=CCC1. The van der Waals surface area contributed by atoms with Crippen molar-refractivity contribution in [2.24, 2.45) is 5.92 Å². The van der Waals surface area contributed by atoms with Crippen LogP contribution in [-0.2, 0) is 0 Å². The van der Waals surface area contributed by atoms with Gasteiger partial charge in [-0.3, -0.25) is 4.79 Å². The van der Waals surface area contributed by atoms with Gasteiger partial charge in [-0.15, -0.1) is 0 Å². The van der Waals surface area contributed by atoms with Gasteiger partial charge >= 0.3 is 6.03 Å². The maximum atomic E-state index is 12.8. The number of amides is 3. The fourth-order valence-corrected chi connectivity index (χ4v) is 3.54. The maximum absolute atomic E-state index is 12.8. The standard InChI is InChI=1S/C20H27N3O2/c1-15-8-7-11-17(19(24)23-12-5-6-13-23)18(15)22-20(25)21-14-16-9-3-2-4-10-16/h2-3,7-8,11,16H,4-6,9-10,12-14H2,1H3,(H2,21,22,25). The Morgan fingerprint density at radius 3 is 2.72 bits per heavy atom. The van der Waals surface area contributed by atoms with E-state index in [-0.39, 0.29) is 11.9 Å². The molecule has 1 fully saturated rings. The number of hydrogen-bond donors (Lipinski definition) is 2. The molecule has 5 nitrogen and oxygen atoms in total. The summed E-state index contributed by atoms with van der Waals surface area (Å²) in [6.45, 7) is 4.18. The van der Waals surface area contributed by atoms with Crippen molar-refractivity contribution < 1.29 is 9.59 Å². The van der Waals surface area contributed by atoms with Crippen molar-refractivity contribution in [1.82, 2.24) is 10.2 Å². The second kappa shape index (κ2) is 8.19. The molecule has 2 N–H and O–H groups in total. The normalized spacial score (nSPS) is 19.7. The van der Waals surface area contributed by atoms with Gasteiger partial charge in [0.1, 0.15) is 0 Å². The third kappa shape index (κ3) is 4.41. The Hall–Kier alpha value is -2.30. The topological polar surface area (TPSA) is 61.4 Å². The number of carbonyl (C=O) groups excluding carboxylic acids is 2. The zero-order chi connectivity index (χ0) is 17.6. The summed E-state index contributed by atoms with van der Waals surface area (Å²) in [6, 6.07) is 5.35. The van der Waals surface area contributed by atoms with Crippen LogP contribution >= 0.6 is 0 Å². The van der Waals surface area contributed by atoms with Gasteiger partial charge < -0.3 is 15.5 Å². The first-order chi connectivity index (χ1) is 12.1. The molecule has 134 valence electrons. The molecular formula is C20H27N3O2. The van der Waals surface area contributed by atoms with Gasteiger partial charge in [-0.05, 0) is 56.6 Å². The lowest BCUT2D eigenvalue weighted by atomic mass is 9.94. The van der Waals surface area contributed by atoms with E-state index in [2.05, 4.69) is 22.8 Å². The molecule has 1 unspecified atom stereocenters. The summed E-state index contributed by atoms with van der Waals surface area (Å²) >= 11 is 0. The molecule has 0 aromatic heterocycles. The number of nitrogens with zero attached hydrogens (tertiary/aromatic N) is 1. The predicted octanol–water partition coefficient (Wildman–Crippen LogP) is 3.71. The number of hydrogen-bond acceptors (Lipinski definition) is 2. The summed E-state index contributed by atoms with van der Waals surface area (Å²) in [7, 11) is 0. The molecule has 5 heteroatoms. The van der Waals surface area contributed by atoms with Crippen molar-refractivity contribution >= 4 is 17.6 Å². The van der Waals surface area contributed by atoms with Crippen molar-refractivity contribution in [3.8, 4) is 0 Å². The van der Waals surface area contributed by atoms with Crippen molar-refractivity contribution in [3.05, 3.63) is 41.5 Å². The lowest BCUT2D eigenvalue weighted by molar-refractivity contribution is 0.0794. The van der Waals surface area contributed by atoms with Crippen molar-refractivity contribution in [2.75, 3.05) is 25.0 Å². The fraction of sp³-hybridized carbons (Fsp3) is 0.500. The number of para-hydroxylation sites is 1. The van der Waals surface area contributed by atoms with E-state index in [0.717, 1.165) is 50.8 Å². The van der Waals surface area contributed by atoms with Crippen molar-refractivity contribution in [1.29, 1.82) is 0 Å². The van der Waals surface area contributed by atoms with Crippen molar-refractivity contribution in [2.45, 2.75) is 39.0 Å². The molecule has 1 aliphatic carbocycles. The van der Waals surface area contributed by atoms with Crippen LogP contribution in [0.2, 0.25) is 0 Å². The molecule has 0 spiro atoms. The Morgan fingerprint density at radius 2 is 2.00 bits per heavy atom. The summed E-state index contributed by atoms with van der Waals surface area (Å²) in [5, 5.41) is 5.86. The quantitative estimate of drug-likeness (QED) is 0.820.